The summed E-state index contributed by atoms with van der Waals surface area (Å²) in [6, 6.07) is 15.7. The van der Waals surface area contributed by atoms with Gasteiger partial charge in [0.15, 0.2) is 6.10 Å². The minimum atomic E-state index is -0.577. The molecule has 0 aromatic heterocycles. The van der Waals surface area contributed by atoms with Crippen molar-refractivity contribution in [2.45, 2.75) is 31.1 Å². The largest absolute Gasteiger partial charge is 0.369 e. The lowest BCUT2D eigenvalue weighted by molar-refractivity contribution is -0.153. The SMILES string of the molecule is COC1C(=O)N(c2cccc(F)c2)C12CCN(C(=O)COCc1ccccc1)CC2. The van der Waals surface area contributed by atoms with Gasteiger partial charge in [-0.3, -0.25) is 9.59 Å². The molecule has 0 N–H and O–H groups in total. The number of β-lactam (4-membered cyclic amide) rings is 1. The molecule has 2 fully saturated rings. The number of hydrogen-bond donors (Lipinski definition) is 0. The molecule has 0 radical (unpaired) electrons. The number of carbonyl (C=O) groups is 2. The number of amides is 2. The van der Waals surface area contributed by atoms with Crippen LogP contribution in [0.25, 0.3) is 0 Å². The van der Waals surface area contributed by atoms with Crippen LogP contribution in [0, 0.1) is 5.82 Å². The van der Waals surface area contributed by atoms with Crippen LogP contribution in [0.3, 0.4) is 0 Å². The molecule has 158 valence electrons. The van der Waals surface area contributed by atoms with E-state index in [1.807, 2.05) is 30.3 Å². The van der Waals surface area contributed by atoms with Gasteiger partial charge in [-0.15, -0.1) is 0 Å². The van der Waals surface area contributed by atoms with Crippen molar-refractivity contribution in [3.8, 4) is 0 Å². The molecule has 2 aromatic carbocycles. The molecule has 0 aliphatic carbocycles. The van der Waals surface area contributed by atoms with E-state index in [-0.39, 0.29) is 24.2 Å². The lowest BCUT2D eigenvalue weighted by Crippen LogP contribution is -2.78. The molecule has 2 aromatic rings. The normalized spacial score (nSPS) is 20.3. The number of hydrogen-bond acceptors (Lipinski definition) is 4. The zero-order valence-corrected chi connectivity index (χ0v) is 16.9. The minimum Gasteiger partial charge on any atom is -0.369 e. The number of rotatable bonds is 6. The van der Waals surface area contributed by atoms with Gasteiger partial charge in [-0.25, -0.2) is 4.39 Å². The molecule has 0 saturated carbocycles. The molecule has 2 aliphatic heterocycles. The highest BCUT2D eigenvalue weighted by Crippen LogP contribution is 2.45. The van der Waals surface area contributed by atoms with Crippen LogP contribution in [0.2, 0.25) is 0 Å². The van der Waals surface area contributed by atoms with Crippen molar-refractivity contribution in [2.75, 3.05) is 31.7 Å². The van der Waals surface area contributed by atoms with Crippen LogP contribution >= 0.6 is 0 Å². The highest BCUT2D eigenvalue weighted by molar-refractivity contribution is 6.06. The fraction of sp³-hybridized carbons (Fsp3) is 0.391. The van der Waals surface area contributed by atoms with Crippen molar-refractivity contribution >= 4 is 17.5 Å². The second-order valence-corrected chi connectivity index (χ2v) is 7.73. The second-order valence-electron chi connectivity index (χ2n) is 7.73. The molecule has 1 spiro atoms. The quantitative estimate of drug-likeness (QED) is 0.685. The van der Waals surface area contributed by atoms with E-state index < -0.39 is 11.6 Å². The third-order valence-electron chi connectivity index (χ3n) is 6.00. The Hall–Kier alpha value is -2.77. The summed E-state index contributed by atoms with van der Waals surface area (Å²) in [7, 11) is 1.52. The first-order valence-corrected chi connectivity index (χ1v) is 10.1. The first kappa shape index (κ1) is 20.5. The van der Waals surface area contributed by atoms with Gasteiger partial charge < -0.3 is 19.3 Å². The fourth-order valence-electron chi connectivity index (χ4n) is 4.49. The molecule has 1 atom stereocenters. The standard InChI is InChI=1S/C23H25FN2O4/c1-29-21-22(28)26(19-9-5-8-18(24)14-19)23(21)10-12-25(13-11-23)20(27)16-30-15-17-6-3-2-4-7-17/h2-9,14,21H,10-13,15-16H2,1H3. The topological polar surface area (TPSA) is 59.1 Å². The Balaban J connectivity index is 1.37. The summed E-state index contributed by atoms with van der Waals surface area (Å²) < 4.78 is 24.8. The van der Waals surface area contributed by atoms with Crippen LogP contribution in [0.15, 0.2) is 54.6 Å². The number of methoxy groups -OCH3 is 1. The van der Waals surface area contributed by atoms with E-state index in [2.05, 4.69) is 0 Å². The predicted molar refractivity (Wildman–Crippen MR) is 109 cm³/mol. The molecular weight excluding hydrogens is 387 g/mol. The number of carbonyl (C=O) groups excluding carboxylic acids is 2. The van der Waals surface area contributed by atoms with Crippen LogP contribution in [0.4, 0.5) is 10.1 Å². The van der Waals surface area contributed by atoms with Gasteiger partial charge in [-0.05, 0) is 36.6 Å². The molecule has 7 heteroatoms. The minimum absolute atomic E-state index is 0.0160. The molecular formula is C23H25FN2O4. The molecule has 2 saturated heterocycles. The number of nitrogens with zero attached hydrogens (tertiary/aromatic N) is 2. The van der Waals surface area contributed by atoms with Crippen molar-refractivity contribution in [1.29, 1.82) is 0 Å². The highest BCUT2D eigenvalue weighted by Gasteiger charge is 2.62. The number of benzene rings is 2. The van der Waals surface area contributed by atoms with Crippen molar-refractivity contribution in [3.63, 3.8) is 0 Å². The Morgan fingerprint density at radius 3 is 2.53 bits per heavy atom. The van der Waals surface area contributed by atoms with E-state index >= 15 is 0 Å². The smallest absolute Gasteiger partial charge is 0.259 e. The number of ether oxygens (including phenoxy) is 2. The van der Waals surface area contributed by atoms with Crippen molar-refractivity contribution in [1.82, 2.24) is 4.90 Å². The van der Waals surface area contributed by atoms with E-state index in [1.54, 1.807) is 21.9 Å². The second kappa shape index (κ2) is 8.53. The average molecular weight is 412 g/mol. The van der Waals surface area contributed by atoms with Crippen LogP contribution in [0.1, 0.15) is 18.4 Å². The van der Waals surface area contributed by atoms with Gasteiger partial charge in [0.25, 0.3) is 5.91 Å². The molecule has 30 heavy (non-hydrogen) atoms. The molecule has 2 amide bonds. The van der Waals surface area contributed by atoms with E-state index in [9.17, 15) is 14.0 Å². The van der Waals surface area contributed by atoms with E-state index in [0.717, 1.165) is 5.56 Å². The molecule has 6 nitrogen and oxygen atoms in total. The molecule has 0 bridgehead atoms. The number of likely N-dealkylation sites (tertiary alicyclic amines) is 1. The van der Waals surface area contributed by atoms with Gasteiger partial charge >= 0.3 is 0 Å². The summed E-state index contributed by atoms with van der Waals surface area (Å²) in [5.74, 6) is -0.633. The summed E-state index contributed by atoms with van der Waals surface area (Å²) in [5.41, 5.74) is 0.991. The molecule has 2 heterocycles. The van der Waals surface area contributed by atoms with Gasteiger partial charge in [0.2, 0.25) is 5.91 Å². The molecule has 4 rings (SSSR count). The Bertz CT molecular complexity index is 912. The first-order chi connectivity index (χ1) is 14.5. The van der Waals surface area contributed by atoms with Gasteiger partial charge in [0, 0.05) is 25.9 Å². The van der Waals surface area contributed by atoms with Crippen molar-refractivity contribution in [3.05, 3.63) is 66.0 Å². The highest BCUT2D eigenvalue weighted by atomic mass is 19.1. The summed E-state index contributed by atoms with van der Waals surface area (Å²) >= 11 is 0. The Morgan fingerprint density at radius 2 is 1.87 bits per heavy atom. The maximum Gasteiger partial charge on any atom is 0.259 e. The maximum absolute atomic E-state index is 13.7. The zero-order valence-electron chi connectivity index (χ0n) is 16.9. The van der Waals surface area contributed by atoms with Gasteiger partial charge in [-0.2, -0.15) is 0 Å². The Labute approximate surface area is 175 Å². The zero-order chi connectivity index (χ0) is 21.1. The van der Waals surface area contributed by atoms with Crippen LogP contribution in [0.5, 0.6) is 0 Å². The number of anilines is 1. The van der Waals surface area contributed by atoms with Gasteiger partial charge in [0.1, 0.15) is 12.4 Å². The molecule has 2 aliphatic rings. The monoisotopic (exact) mass is 412 g/mol. The third-order valence-corrected chi connectivity index (χ3v) is 6.00. The van der Waals surface area contributed by atoms with Crippen LogP contribution in [-0.2, 0) is 25.7 Å². The molecule has 1 unspecified atom stereocenters. The lowest BCUT2D eigenvalue weighted by atomic mass is 9.72. The van der Waals surface area contributed by atoms with E-state index in [0.29, 0.717) is 38.2 Å². The number of piperidine rings is 1. The summed E-state index contributed by atoms with van der Waals surface area (Å²) in [4.78, 5) is 28.6. The van der Waals surface area contributed by atoms with Gasteiger partial charge in [0.05, 0.1) is 12.1 Å². The fourth-order valence-corrected chi connectivity index (χ4v) is 4.49. The van der Waals surface area contributed by atoms with Crippen LogP contribution < -0.4 is 4.90 Å². The third kappa shape index (κ3) is 3.70. The first-order valence-electron chi connectivity index (χ1n) is 10.1. The Kier molecular flexibility index (Phi) is 5.83. The summed E-state index contributed by atoms with van der Waals surface area (Å²) in [5, 5.41) is 0. The summed E-state index contributed by atoms with van der Waals surface area (Å²) in [6.07, 6.45) is 0.559. The summed E-state index contributed by atoms with van der Waals surface area (Å²) in [6.45, 7) is 1.39. The predicted octanol–water partition coefficient (Wildman–Crippen LogP) is 2.77. The average Bonchev–Trinajstić information content (AvgIpc) is 2.75. The van der Waals surface area contributed by atoms with E-state index in [4.69, 9.17) is 9.47 Å². The van der Waals surface area contributed by atoms with Crippen molar-refractivity contribution < 1.29 is 23.5 Å². The Morgan fingerprint density at radius 1 is 1.13 bits per heavy atom. The van der Waals surface area contributed by atoms with Gasteiger partial charge in [-0.1, -0.05) is 36.4 Å². The van der Waals surface area contributed by atoms with Crippen LogP contribution in [-0.4, -0.2) is 55.2 Å². The van der Waals surface area contributed by atoms with E-state index in [1.165, 1.54) is 19.2 Å². The number of halogens is 1. The lowest BCUT2D eigenvalue weighted by Gasteiger charge is -2.59. The maximum atomic E-state index is 13.7. The van der Waals surface area contributed by atoms with Crippen molar-refractivity contribution in [2.24, 2.45) is 0 Å².